The van der Waals surface area contributed by atoms with Crippen molar-refractivity contribution in [3.05, 3.63) is 35.9 Å². The van der Waals surface area contributed by atoms with Gasteiger partial charge in [0, 0.05) is 0 Å². The molecule has 1 fully saturated rings. The number of benzene rings is 1. The van der Waals surface area contributed by atoms with Crippen LogP contribution in [-0.4, -0.2) is 25.1 Å². The van der Waals surface area contributed by atoms with Gasteiger partial charge in [0.15, 0.2) is 0 Å². The van der Waals surface area contributed by atoms with E-state index < -0.39 is 0 Å². The summed E-state index contributed by atoms with van der Waals surface area (Å²) in [5, 5.41) is 0. The molecule has 0 bridgehead atoms. The Kier molecular flexibility index (Phi) is 4.08. The molecule has 0 heterocycles. The zero-order chi connectivity index (χ0) is 11.2. The van der Waals surface area contributed by atoms with Gasteiger partial charge in [-0.25, -0.2) is 0 Å². The number of aldehydes is 1. The van der Waals surface area contributed by atoms with E-state index in [4.69, 9.17) is 9.47 Å². The maximum atomic E-state index is 10.1. The molecule has 1 aliphatic carbocycles. The van der Waals surface area contributed by atoms with E-state index in [9.17, 15) is 4.79 Å². The van der Waals surface area contributed by atoms with E-state index in [1.807, 2.05) is 18.2 Å². The predicted molar refractivity (Wildman–Crippen MR) is 60.1 cm³/mol. The molecule has 3 heteroatoms. The second-order valence-corrected chi connectivity index (χ2v) is 4.01. The zero-order valence-corrected chi connectivity index (χ0v) is 9.17. The summed E-state index contributed by atoms with van der Waals surface area (Å²) in [4.78, 5) is 10.1. The highest BCUT2D eigenvalue weighted by Crippen LogP contribution is 2.26. The molecule has 2 rings (SSSR count). The van der Waals surface area contributed by atoms with Crippen LogP contribution in [0.5, 0.6) is 0 Å². The SMILES string of the molecule is O=CCO[C@H]1C[C@@H](OCc2ccccc2)C1. The Morgan fingerprint density at radius 3 is 2.50 bits per heavy atom. The number of hydrogen-bond donors (Lipinski definition) is 0. The van der Waals surface area contributed by atoms with Gasteiger partial charge in [-0.15, -0.1) is 0 Å². The summed E-state index contributed by atoms with van der Waals surface area (Å²) in [5.41, 5.74) is 1.19. The third kappa shape index (κ3) is 3.15. The van der Waals surface area contributed by atoms with Gasteiger partial charge in [0.2, 0.25) is 0 Å². The molecule has 0 amide bonds. The van der Waals surface area contributed by atoms with E-state index in [2.05, 4.69) is 12.1 Å². The van der Waals surface area contributed by atoms with Crippen LogP contribution in [-0.2, 0) is 20.9 Å². The molecule has 0 unspecified atom stereocenters. The first-order valence-electron chi connectivity index (χ1n) is 5.59. The third-order valence-corrected chi connectivity index (χ3v) is 2.78. The standard InChI is InChI=1S/C13H16O3/c14-6-7-15-12-8-13(9-12)16-10-11-4-2-1-3-5-11/h1-6,12-13H,7-10H2/t12-,13+. The molecule has 0 N–H and O–H groups in total. The lowest BCUT2D eigenvalue weighted by atomic mass is 9.92. The molecule has 86 valence electrons. The fourth-order valence-electron chi connectivity index (χ4n) is 1.75. The lowest BCUT2D eigenvalue weighted by molar-refractivity contribution is -0.127. The van der Waals surface area contributed by atoms with E-state index in [0.29, 0.717) is 6.61 Å². The number of carbonyl (C=O) groups is 1. The largest absolute Gasteiger partial charge is 0.373 e. The summed E-state index contributed by atoms with van der Waals surface area (Å²) >= 11 is 0. The van der Waals surface area contributed by atoms with Gasteiger partial charge >= 0.3 is 0 Å². The summed E-state index contributed by atoms with van der Waals surface area (Å²) < 4.78 is 11.0. The Balaban J connectivity index is 1.61. The Morgan fingerprint density at radius 2 is 1.81 bits per heavy atom. The van der Waals surface area contributed by atoms with Crippen LogP contribution in [0.3, 0.4) is 0 Å². The molecule has 1 saturated carbocycles. The monoisotopic (exact) mass is 220 g/mol. The van der Waals surface area contributed by atoms with E-state index >= 15 is 0 Å². The molecular weight excluding hydrogens is 204 g/mol. The van der Waals surface area contributed by atoms with Crippen molar-refractivity contribution in [3.63, 3.8) is 0 Å². The average Bonchev–Trinajstić information content (AvgIpc) is 2.28. The molecule has 0 spiro atoms. The van der Waals surface area contributed by atoms with E-state index in [1.54, 1.807) is 0 Å². The zero-order valence-electron chi connectivity index (χ0n) is 9.17. The van der Waals surface area contributed by atoms with Crippen LogP contribution >= 0.6 is 0 Å². The maximum Gasteiger partial charge on any atom is 0.145 e. The van der Waals surface area contributed by atoms with Crippen molar-refractivity contribution in [3.8, 4) is 0 Å². The first kappa shape index (κ1) is 11.3. The second kappa shape index (κ2) is 5.77. The van der Waals surface area contributed by atoms with Crippen LogP contribution in [0.25, 0.3) is 0 Å². The molecule has 1 aromatic rings. The van der Waals surface area contributed by atoms with Crippen LogP contribution in [0.1, 0.15) is 18.4 Å². The Bertz CT molecular complexity index is 317. The Morgan fingerprint density at radius 1 is 1.12 bits per heavy atom. The third-order valence-electron chi connectivity index (χ3n) is 2.78. The highest BCUT2D eigenvalue weighted by Gasteiger charge is 2.30. The first-order valence-corrected chi connectivity index (χ1v) is 5.59. The minimum absolute atomic E-state index is 0.204. The van der Waals surface area contributed by atoms with Crippen molar-refractivity contribution in [2.75, 3.05) is 6.61 Å². The molecule has 1 aromatic carbocycles. The van der Waals surface area contributed by atoms with Crippen molar-refractivity contribution >= 4 is 6.29 Å². The molecule has 0 atom stereocenters. The van der Waals surface area contributed by atoms with Crippen LogP contribution < -0.4 is 0 Å². The second-order valence-electron chi connectivity index (χ2n) is 4.01. The fourth-order valence-corrected chi connectivity index (χ4v) is 1.75. The van der Waals surface area contributed by atoms with Gasteiger partial charge < -0.3 is 14.3 Å². The molecule has 0 saturated heterocycles. The molecular formula is C13H16O3. The van der Waals surface area contributed by atoms with Crippen molar-refractivity contribution < 1.29 is 14.3 Å². The van der Waals surface area contributed by atoms with Gasteiger partial charge in [-0.05, 0) is 18.4 Å². The van der Waals surface area contributed by atoms with Crippen LogP contribution in [0.2, 0.25) is 0 Å². The van der Waals surface area contributed by atoms with E-state index in [0.717, 1.165) is 19.1 Å². The summed E-state index contributed by atoms with van der Waals surface area (Å²) in [7, 11) is 0. The molecule has 3 nitrogen and oxygen atoms in total. The highest BCUT2D eigenvalue weighted by molar-refractivity contribution is 5.50. The first-order chi connectivity index (χ1) is 7.88. The minimum Gasteiger partial charge on any atom is -0.373 e. The predicted octanol–water partition coefficient (Wildman–Crippen LogP) is 1.95. The van der Waals surface area contributed by atoms with Crippen LogP contribution in [0, 0.1) is 0 Å². The summed E-state index contributed by atoms with van der Waals surface area (Å²) in [5.74, 6) is 0. The summed E-state index contributed by atoms with van der Waals surface area (Å²) in [6, 6.07) is 10.1. The molecule has 16 heavy (non-hydrogen) atoms. The van der Waals surface area contributed by atoms with Crippen molar-refractivity contribution in [1.82, 2.24) is 0 Å². The lowest BCUT2D eigenvalue weighted by Gasteiger charge is -2.34. The van der Waals surface area contributed by atoms with Crippen molar-refractivity contribution in [2.45, 2.75) is 31.7 Å². The summed E-state index contributed by atoms with van der Waals surface area (Å²) in [6.45, 7) is 0.863. The molecule has 0 aromatic heterocycles. The van der Waals surface area contributed by atoms with Gasteiger partial charge in [0.25, 0.3) is 0 Å². The number of ether oxygens (including phenoxy) is 2. The highest BCUT2D eigenvalue weighted by atomic mass is 16.5. The van der Waals surface area contributed by atoms with Gasteiger partial charge in [-0.2, -0.15) is 0 Å². The van der Waals surface area contributed by atoms with Gasteiger partial charge in [0.1, 0.15) is 12.9 Å². The average molecular weight is 220 g/mol. The normalized spacial score (nSPS) is 23.8. The van der Waals surface area contributed by atoms with Gasteiger partial charge in [0.05, 0.1) is 18.8 Å². The van der Waals surface area contributed by atoms with E-state index in [1.165, 1.54) is 5.56 Å². The quantitative estimate of drug-likeness (QED) is 0.687. The van der Waals surface area contributed by atoms with Gasteiger partial charge in [-0.3, -0.25) is 0 Å². The fraction of sp³-hybridized carbons (Fsp3) is 0.462. The van der Waals surface area contributed by atoms with Crippen molar-refractivity contribution in [2.24, 2.45) is 0 Å². The maximum absolute atomic E-state index is 10.1. The molecule has 1 aliphatic rings. The van der Waals surface area contributed by atoms with Crippen LogP contribution in [0.15, 0.2) is 30.3 Å². The lowest BCUT2D eigenvalue weighted by Crippen LogP contribution is -2.37. The van der Waals surface area contributed by atoms with Gasteiger partial charge in [-0.1, -0.05) is 30.3 Å². The molecule has 0 radical (unpaired) electrons. The smallest absolute Gasteiger partial charge is 0.145 e. The summed E-state index contributed by atoms with van der Waals surface area (Å²) in [6.07, 6.45) is 3.10. The molecule has 0 aliphatic heterocycles. The topological polar surface area (TPSA) is 35.5 Å². The Hall–Kier alpha value is -1.19. The number of hydrogen-bond acceptors (Lipinski definition) is 3. The number of carbonyl (C=O) groups excluding carboxylic acids is 1. The number of rotatable bonds is 6. The Labute approximate surface area is 95.4 Å². The van der Waals surface area contributed by atoms with E-state index in [-0.39, 0.29) is 18.8 Å². The van der Waals surface area contributed by atoms with Crippen molar-refractivity contribution in [1.29, 1.82) is 0 Å². The minimum atomic E-state index is 0.204. The van der Waals surface area contributed by atoms with Crippen LogP contribution in [0.4, 0.5) is 0 Å².